The number of anilines is 1. The van der Waals surface area contributed by atoms with Crippen LogP contribution in [0.1, 0.15) is 48.5 Å². The van der Waals surface area contributed by atoms with E-state index in [-0.39, 0.29) is 23.8 Å². The maximum Gasteiger partial charge on any atom is 0.255 e. The smallest absolute Gasteiger partial charge is 0.255 e. The molecular formula is C24H27FN8O2. The molecule has 2 amide bonds. The Bertz CT molecular complexity index is 1280. The molecule has 0 bridgehead atoms. The molecule has 10 nitrogen and oxygen atoms in total. The molecule has 0 aliphatic heterocycles. The molecule has 3 aromatic heterocycles. The molecule has 0 spiro atoms. The number of carbonyl (C=O) groups is 2. The van der Waals surface area contributed by atoms with Gasteiger partial charge in [0.05, 0.1) is 29.1 Å². The van der Waals surface area contributed by atoms with Gasteiger partial charge < -0.3 is 16.0 Å². The largest absolute Gasteiger partial charge is 0.379 e. The molecule has 1 atom stereocenters. The van der Waals surface area contributed by atoms with Gasteiger partial charge in [0.2, 0.25) is 5.91 Å². The molecule has 1 saturated carbocycles. The lowest BCUT2D eigenvalue weighted by Crippen LogP contribution is -2.40. The minimum atomic E-state index is -0.620. The first-order chi connectivity index (χ1) is 16.9. The summed E-state index contributed by atoms with van der Waals surface area (Å²) in [5.74, 6) is 0.0840. The molecule has 11 heteroatoms. The molecule has 1 aliphatic rings. The Hall–Kier alpha value is -4.07. The topological polar surface area (TPSA) is 138 Å². The predicted molar refractivity (Wildman–Crippen MR) is 128 cm³/mol. The average molecular weight is 479 g/mol. The van der Waals surface area contributed by atoms with Crippen molar-refractivity contribution in [3.8, 4) is 11.9 Å². The van der Waals surface area contributed by atoms with Crippen LogP contribution in [-0.2, 0) is 4.79 Å². The van der Waals surface area contributed by atoms with Gasteiger partial charge >= 0.3 is 0 Å². The Morgan fingerprint density at radius 3 is 2.66 bits per heavy atom. The normalized spacial score (nSPS) is 18.5. The number of hydrogen-bond donors (Lipinski definition) is 3. The van der Waals surface area contributed by atoms with E-state index in [1.54, 1.807) is 32.3 Å². The summed E-state index contributed by atoms with van der Waals surface area (Å²) in [4.78, 5) is 33.7. The predicted octanol–water partition coefficient (Wildman–Crippen LogP) is 2.49. The van der Waals surface area contributed by atoms with Crippen molar-refractivity contribution in [2.75, 3.05) is 19.0 Å². The second-order valence-electron chi connectivity index (χ2n) is 8.73. The van der Waals surface area contributed by atoms with E-state index in [2.05, 4.69) is 31.0 Å². The molecule has 1 fully saturated rings. The van der Waals surface area contributed by atoms with Crippen molar-refractivity contribution < 1.29 is 14.0 Å². The van der Waals surface area contributed by atoms with E-state index in [0.717, 1.165) is 0 Å². The third kappa shape index (κ3) is 5.21. The third-order valence-electron chi connectivity index (χ3n) is 6.20. The summed E-state index contributed by atoms with van der Waals surface area (Å²) >= 11 is 0. The molecule has 182 valence electrons. The summed E-state index contributed by atoms with van der Waals surface area (Å²) < 4.78 is 14.8. The number of nitrogens with one attached hydrogen (secondary N) is 3. The Kier molecular flexibility index (Phi) is 7.19. The van der Waals surface area contributed by atoms with Crippen LogP contribution in [0.15, 0.2) is 30.7 Å². The van der Waals surface area contributed by atoms with Gasteiger partial charge in [0.15, 0.2) is 11.5 Å². The van der Waals surface area contributed by atoms with Gasteiger partial charge in [0.1, 0.15) is 12.7 Å². The quantitative estimate of drug-likeness (QED) is 0.474. The minimum absolute atomic E-state index is 0.0292. The van der Waals surface area contributed by atoms with Gasteiger partial charge in [-0.1, -0.05) is 0 Å². The van der Waals surface area contributed by atoms with Crippen LogP contribution in [0.3, 0.4) is 0 Å². The fraction of sp³-hybridized carbons (Fsp3) is 0.417. The number of alkyl halides is 1. The van der Waals surface area contributed by atoms with Crippen LogP contribution < -0.4 is 16.0 Å². The minimum Gasteiger partial charge on any atom is -0.379 e. The molecule has 0 aromatic carbocycles. The van der Waals surface area contributed by atoms with E-state index < -0.39 is 12.7 Å². The summed E-state index contributed by atoms with van der Waals surface area (Å²) in [5, 5.41) is 22.8. The van der Waals surface area contributed by atoms with E-state index in [9.17, 15) is 14.0 Å². The summed E-state index contributed by atoms with van der Waals surface area (Å²) in [6.07, 6.45) is 7.29. The van der Waals surface area contributed by atoms with Crippen LogP contribution in [0.5, 0.6) is 0 Å². The number of fused-ring (bicyclic) bond motifs is 1. The molecule has 0 saturated heterocycles. The number of carbonyl (C=O) groups excluding carboxylic acids is 2. The van der Waals surface area contributed by atoms with Gasteiger partial charge in [-0.05, 0) is 38.7 Å². The van der Waals surface area contributed by atoms with Crippen LogP contribution in [0.4, 0.5) is 10.1 Å². The number of halogens is 1. The summed E-state index contributed by atoms with van der Waals surface area (Å²) in [6.45, 7) is 1.06. The van der Waals surface area contributed by atoms with Crippen molar-refractivity contribution in [1.29, 1.82) is 5.26 Å². The summed E-state index contributed by atoms with van der Waals surface area (Å²) in [7, 11) is 1.63. The summed E-state index contributed by atoms with van der Waals surface area (Å²) in [6, 6.07) is 4.78. The van der Waals surface area contributed by atoms with Gasteiger partial charge in [-0.15, -0.1) is 0 Å². The lowest BCUT2D eigenvalue weighted by atomic mass is 9.85. The standard InChI is InChI=1S/C24H27FN8O2/c1-14(9-25)31-20-8-21(33-22-17(12-30-33)7-15(10-26)11-29-22)28-13-19(20)24(35)32-18-5-3-16(4-6-18)23(34)27-2/h7-8,11-14,16,18H,3-6,9H2,1-2H3,(H,27,34)(H,28,31)(H,32,35). The van der Waals surface area contributed by atoms with Gasteiger partial charge in [0.25, 0.3) is 5.91 Å². The molecule has 1 aliphatic carbocycles. The first-order valence-electron chi connectivity index (χ1n) is 11.5. The molecular weight excluding hydrogens is 451 g/mol. The number of nitrogens with zero attached hydrogens (tertiary/aromatic N) is 5. The summed E-state index contributed by atoms with van der Waals surface area (Å²) in [5.41, 5.74) is 1.64. The zero-order valence-corrected chi connectivity index (χ0v) is 19.6. The number of amides is 2. The van der Waals surface area contributed by atoms with Crippen LogP contribution in [-0.4, -0.2) is 57.4 Å². The number of hydrogen-bond acceptors (Lipinski definition) is 7. The maximum atomic E-state index is 13.3. The SMILES string of the molecule is CNC(=O)C1CCC(NC(=O)c2cnc(-n3ncc4cc(C#N)cnc43)cc2NC(C)CF)CC1. The van der Waals surface area contributed by atoms with Crippen LogP contribution >= 0.6 is 0 Å². The Balaban J connectivity index is 1.58. The number of aromatic nitrogens is 4. The molecule has 0 radical (unpaired) electrons. The van der Waals surface area contributed by atoms with Gasteiger partial charge in [0, 0.05) is 42.9 Å². The molecule has 4 rings (SSSR count). The van der Waals surface area contributed by atoms with Crippen molar-refractivity contribution >= 4 is 28.5 Å². The second-order valence-corrected chi connectivity index (χ2v) is 8.73. The van der Waals surface area contributed by atoms with Crippen molar-refractivity contribution in [3.05, 3.63) is 41.9 Å². The number of pyridine rings is 2. The molecule has 3 N–H and O–H groups in total. The Morgan fingerprint density at radius 1 is 1.20 bits per heavy atom. The highest BCUT2D eigenvalue weighted by atomic mass is 19.1. The fourth-order valence-electron chi connectivity index (χ4n) is 4.28. The van der Waals surface area contributed by atoms with Crippen LogP contribution in [0.25, 0.3) is 16.9 Å². The van der Waals surface area contributed by atoms with Gasteiger partial charge in [-0.25, -0.2) is 14.4 Å². The number of nitriles is 1. The van der Waals surface area contributed by atoms with E-state index in [1.807, 2.05) is 6.07 Å². The highest BCUT2D eigenvalue weighted by Gasteiger charge is 2.27. The van der Waals surface area contributed by atoms with E-state index in [1.165, 1.54) is 17.1 Å². The average Bonchev–Trinajstić information content (AvgIpc) is 3.31. The monoisotopic (exact) mass is 478 g/mol. The fourth-order valence-corrected chi connectivity index (χ4v) is 4.28. The maximum absolute atomic E-state index is 13.3. The number of rotatable bonds is 7. The van der Waals surface area contributed by atoms with E-state index >= 15 is 0 Å². The lowest BCUT2D eigenvalue weighted by Gasteiger charge is -2.28. The van der Waals surface area contributed by atoms with Crippen molar-refractivity contribution in [2.24, 2.45) is 5.92 Å². The Labute approximate surface area is 201 Å². The molecule has 1 unspecified atom stereocenters. The van der Waals surface area contributed by atoms with Crippen LogP contribution in [0, 0.1) is 17.2 Å². The zero-order valence-electron chi connectivity index (χ0n) is 19.6. The van der Waals surface area contributed by atoms with Crippen molar-refractivity contribution in [2.45, 2.75) is 44.7 Å². The molecule has 3 heterocycles. The van der Waals surface area contributed by atoms with Gasteiger partial charge in [-0.2, -0.15) is 15.0 Å². The zero-order chi connectivity index (χ0) is 24.9. The second kappa shape index (κ2) is 10.5. The lowest BCUT2D eigenvalue weighted by molar-refractivity contribution is -0.125. The van der Waals surface area contributed by atoms with Crippen molar-refractivity contribution in [1.82, 2.24) is 30.4 Å². The molecule has 35 heavy (non-hydrogen) atoms. The highest BCUT2D eigenvalue weighted by molar-refractivity contribution is 6.00. The van der Waals surface area contributed by atoms with Crippen LogP contribution in [0.2, 0.25) is 0 Å². The Morgan fingerprint density at radius 2 is 1.97 bits per heavy atom. The molecule has 3 aromatic rings. The van der Waals surface area contributed by atoms with Gasteiger partial charge in [-0.3, -0.25) is 9.59 Å². The van der Waals surface area contributed by atoms with E-state index in [4.69, 9.17) is 5.26 Å². The van der Waals surface area contributed by atoms with Crippen molar-refractivity contribution in [3.63, 3.8) is 0 Å². The van der Waals surface area contributed by atoms with E-state index in [0.29, 0.717) is 59.3 Å². The third-order valence-corrected chi connectivity index (χ3v) is 6.20. The highest BCUT2D eigenvalue weighted by Crippen LogP contribution is 2.26. The first-order valence-corrected chi connectivity index (χ1v) is 11.5. The first kappa shape index (κ1) is 24.1.